The van der Waals surface area contributed by atoms with Crippen LogP contribution in [-0.4, -0.2) is 26.7 Å². The van der Waals surface area contributed by atoms with Crippen molar-refractivity contribution in [3.05, 3.63) is 60.4 Å². The molecule has 8 heteroatoms. The molecule has 5 nitrogen and oxygen atoms in total. The molecular weight excluding hydrogens is 432 g/mol. The molecule has 0 atom stereocenters. The SMILES string of the molecule is I.NC(=NCCS(=O)(=O)c1ccccc1F)Nc1ccccc1. The van der Waals surface area contributed by atoms with E-state index in [-0.39, 0.29) is 47.1 Å². The first-order valence-corrected chi connectivity index (χ1v) is 8.23. The monoisotopic (exact) mass is 449 g/mol. The third-order valence-electron chi connectivity index (χ3n) is 2.86. The van der Waals surface area contributed by atoms with Crippen molar-refractivity contribution in [2.24, 2.45) is 10.7 Å². The summed E-state index contributed by atoms with van der Waals surface area (Å²) >= 11 is 0. The largest absolute Gasteiger partial charge is 0.370 e. The summed E-state index contributed by atoms with van der Waals surface area (Å²) in [7, 11) is -3.72. The second-order valence-corrected chi connectivity index (χ2v) is 6.58. The first-order chi connectivity index (χ1) is 10.5. The van der Waals surface area contributed by atoms with Crippen molar-refractivity contribution in [3.63, 3.8) is 0 Å². The summed E-state index contributed by atoms with van der Waals surface area (Å²) in [5.74, 6) is -0.970. The highest BCUT2D eigenvalue weighted by Gasteiger charge is 2.17. The number of hydrogen-bond donors (Lipinski definition) is 2. The van der Waals surface area contributed by atoms with Gasteiger partial charge in [0.1, 0.15) is 10.7 Å². The number of nitrogens with zero attached hydrogens (tertiary/aromatic N) is 1. The van der Waals surface area contributed by atoms with Gasteiger partial charge in [0, 0.05) is 5.69 Å². The summed E-state index contributed by atoms with van der Waals surface area (Å²) < 4.78 is 37.6. The fourth-order valence-corrected chi connectivity index (χ4v) is 3.00. The van der Waals surface area contributed by atoms with Crippen LogP contribution in [0.25, 0.3) is 0 Å². The summed E-state index contributed by atoms with van der Waals surface area (Å²) in [5.41, 5.74) is 6.42. The average molecular weight is 449 g/mol. The van der Waals surface area contributed by atoms with Crippen LogP contribution < -0.4 is 11.1 Å². The molecule has 0 radical (unpaired) electrons. The Kier molecular flexibility index (Phi) is 7.43. The zero-order valence-electron chi connectivity index (χ0n) is 12.1. The number of rotatable bonds is 5. The van der Waals surface area contributed by atoms with E-state index in [0.29, 0.717) is 0 Å². The van der Waals surface area contributed by atoms with Crippen molar-refractivity contribution in [1.29, 1.82) is 0 Å². The zero-order chi connectivity index (χ0) is 16.0. The first-order valence-electron chi connectivity index (χ1n) is 6.58. The second-order valence-electron chi connectivity index (χ2n) is 4.51. The quantitative estimate of drug-likeness (QED) is 0.418. The van der Waals surface area contributed by atoms with E-state index in [1.807, 2.05) is 18.2 Å². The smallest absolute Gasteiger partial charge is 0.193 e. The molecule has 0 saturated heterocycles. The summed E-state index contributed by atoms with van der Waals surface area (Å²) in [6.45, 7) is -0.0532. The number of nitrogens with two attached hydrogens (primary N) is 1. The number of para-hydroxylation sites is 1. The Morgan fingerprint density at radius 2 is 1.70 bits per heavy atom. The van der Waals surface area contributed by atoms with Crippen molar-refractivity contribution < 1.29 is 12.8 Å². The number of benzene rings is 2. The van der Waals surface area contributed by atoms with Crippen molar-refractivity contribution in [2.75, 3.05) is 17.6 Å². The highest BCUT2D eigenvalue weighted by molar-refractivity contribution is 14.0. The minimum Gasteiger partial charge on any atom is -0.370 e. The highest BCUT2D eigenvalue weighted by Crippen LogP contribution is 2.15. The molecule has 124 valence electrons. The molecule has 0 saturated carbocycles. The van der Waals surface area contributed by atoms with Crippen LogP contribution in [0.2, 0.25) is 0 Å². The van der Waals surface area contributed by atoms with Crippen LogP contribution in [-0.2, 0) is 9.84 Å². The molecule has 0 aliphatic heterocycles. The Morgan fingerprint density at radius 1 is 1.09 bits per heavy atom. The van der Waals surface area contributed by atoms with Gasteiger partial charge in [0.2, 0.25) is 0 Å². The van der Waals surface area contributed by atoms with Crippen molar-refractivity contribution in [2.45, 2.75) is 4.90 Å². The van der Waals surface area contributed by atoms with Gasteiger partial charge in [-0.3, -0.25) is 4.99 Å². The van der Waals surface area contributed by atoms with E-state index in [0.717, 1.165) is 11.8 Å². The molecule has 0 aliphatic rings. The predicted molar refractivity (Wildman–Crippen MR) is 100 cm³/mol. The van der Waals surface area contributed by atoms with Gasteiger partial charge in [-0.15, -0.1) is 24.0 Å². The van der Waals surface area contributed by atoms with Gasteiger partial charge in [-0.25, -0.2) is 12.8 Å². The number of hydrogen-bond acceptors (Lipinski definition) is 3. The maximum absolute atomic E-state index is 13.5. The summed E-state index contributed by atoms with van der Waals surface area (Å²) in [6, 6.07) is 14.4. The number of guanidine groups is 1. The fourth-order valence-electron chi connectivity index (χ4n) is 1.80. The number of aliphatic imine (C=N–C) groups is 1. The maximum atomic E-state index is 13.5. The summed E-state index contributed by atoms with van der Waals surface area (Å²) in [6.07, 6.45) is 0. The molecular formula is C15H17FIN3O2S. The van der Waals surface area contributed by atoms with E-state index in [2.05, 4.69) is 10.3 Å². The van der Waals surface area contributed by atoms with E-state index in [1.165, 1.54) is 18.2 Å². The van der Waals surface area contributed by atoms with Crippen molar-refractivity contribution in [1.82, 2.24) is 0 Å². The van der Waals surface area contributed by atoms with Gasteiger partial charge in [0.25, 0.3) is 0 Å². The molecule has 0 aliphatic carbocycles. The molecule has 0 unspecified atom stereocenters. The Bertz CT molecular complexity index is 767. The minimum absolute atomic E-state index is 0. The third kappa shape index (κ3) is 5.79. The first kappa shape index (κ1) is 19.4. The number of anilines is 1. The summed E-state index contributed by atoms with van der Waals surface area (Å²) in [4.78, 5) is 3.62. The van der Waals surface area contributed by atoms with E-state index < -0.39 is 15.7 Å². The van der Waals surface area contributed by atoms with Crippen LogP contribution in [0.4, 0.5) is 10.1 Å². The number of nitrogens with one attached hydrogen (secondary N) is 1. The van der Waals surface area contributed by atoms with E-state index in [9.17, 15) is 12.8 Å². The maximum Gasteiger partial charge on any atom is 0.193 e. The molecule has 0 aromatic heterocycles. The van der Waals surface area contributed by atoms with Crippen LogP contribution in [0.3, 0.4) is 0 Å². The van der Waals surface area contributed by atoms with Gasteiger partial charge < -0.3 is 11.1 Å². The standard InChI is InChI=1S/C15H16FN3O2S.HI/c16-13-8-4-5-9-14(13)22(20,21)11-10-18-15(17)19-12-6-2-1-3-7-12;/h1-9H,10-11H2,(H3,17,18,19);1H. The Morgan fingerprint density at radius 3 is 2.35 bits per heavy atom. The van der Waals surface area contributed by atoms with E-state index >= 15 is 0 Å². The average Bonchev–Trinajstić information content (AvgIpc) is 2.48. The minimum atomic E-state index is -3.72. The van der Waals surface area contributed by atoms with E-state index in [4.69, 9.17) is 5.73 Å². The van der Waals surface area contributed by atoms with Crippen molar-refractivity contribution in [3.8, 4) is 0 Å². The molecule has 2 aromatic rings. The lowest BCUT2D eigenvalue weighted by Gasteiger charge is -2.06. The predicted octanol–water partition coefficient (Wildman–Crippen LogP) is 2.64. The Labute approximate surface area is 151 Å². The Hall–Kier alpha value is -1.68. The van der Waals surface area contributed by atoms with Crippen LogP contribution in [0.5, 0.6) is 0 Å². The van der Waals surface area contributed by atoms with Gasteiger partial charge >= 0.3 is 0 Å². The molecule has 0 amide bonds. The van der Waals surface area contributed by atoms with Gasteiger partial charge in [0.15, 0.2) is 15.8 Å². The topological polar surface area (TPSA) is 84.5 Å². The normalized spacial score (nSPS) is 11.6. The lowest BCUT2D eigenvalue weighted by atomic mass is 10.3. The highest BCUT2D eigenvalue weighted by atomic mass is 127. The fraction of sp³-hybridized carbons (Fsp3) is 0.133. The van der Waals surface area contributed by atoms with Crippen LogP contribution in [0.1, 0.15) is 0 Å². The molecule has 2 rings (SSSR count). The molecule has 23 heavy (non-hydrogen) atoms. The lowest BCUT2D eigenvalue weighted by molar-refractivity contribution is 0.567. The Balaban J connectivity index is 0.00000264. The molecule has 0 spiro atoms. The molecule has 0 bridgehead atoms. The molecule has 2 aromatic carbocycles. The van der Waals surface area contributed by atoms with Gasteiger partial charge in [-0.2, -0.15) is 0 Å². The molecule has 0 heterocycles. The summed E-state index contributed by atoms with van der Waals surface area (Å²) in [5, 5.41) is 2.84. The molecule has 3 N–H and O–H groups in total. The third-order valence-corrected chi connectivity index (χ3v) is 4.58. The zero-order valence-corrected chi connectivity index (χ0v) is 15.3. The molecule has 0 fully saturated rings. The van der Waals surface area contributed by atoms with Crippen LogP contribution >= 0.6 is 24.0 Å². The van der Waals surface area contributed by atoms with E-state index in [1.54, 1.807) is 12.1 Å². The second kappa shape index (κ2) is 8.82. The van der Waals surface area contributed by atoms with Crippen LogP contribution in [0.15, 0.2) is 64.5 Å². The van der Waals surface area contributed by atoms with Gasteiger partial charge in [-0.05, 0) is 24.3 Å². The van der Waals surface area contributed by atoms with Gasteiger partial charge in [-0.1, -0.05) is 30.3 Å². The van der Waals surface area contributed by atoms with Gasteiger partial charge in [0.05, 0.1) is 12.3 Å². The number of halogens is 2. The van der Waals surface area contributed by atoms with Crippen molar-refractivity contribution >= 4 is 45.5 Å². The number of sulfone groups is 1. The van der Waals surface area contributed by atoms with Crippen LogP contribution in [0, 0.1) is 5.82 Å². The lowest BCUT2D eigenvalue weighted by Crippen LogP contribution is -2.24.